The van der Waals surface area contributed by atoms with E-state index in [-0.39, 0.29) is 0 Å². The van der Waals surface area contributed by atoms with Crippen LogP contribution in [0.1, 0.15) is 17.4 Å². The van der Waals surface area contributed by atoms with Crippen LogP contribution in [0.5, 0.6) is 0 Å². The highest BCUT2D eigenvalue weighted by molar-refractivity contribution is 5.71. The van der Waals surface area contributed by atoms with Gasteiger partial charge in [0.15, 0.2) is 6.29 Å². The van der Waals surface area contributed by atoms with Gasteiger partial charge in [0.1, 0.15) is 5.69 Å². The molecule has 0 unspecified atom stereocenters. The van der Waals surface area contributed by atoms with Crippen LogP contribution in [0.4, 0.5) is 0 Å². The molecule has 0 aromatic carbocycles. The number of rotatable bonds is 2. The molecule has 48 valence electrons. The average molecular weight is 125 g/mol. The van der Waals surface area contributed by atoms with Crippen LogP contribution in [0.3, 0.4) is 0 Å². The van der Waals surface area contributed by atoms with Crippen LogP contribution in [-0.4, -0.2) is 21.3 Å². The summed E-state index contributed by atoms with van der Waals surface area (Å²) in [6, 6.07) is 0. The van der Waals surface area contributed by atoms with Crippen molar-refractivity contribution in [3.05, 3.63) is 11.9 Å². The third kappa shape index (κ3) is 0.960. The fraction of sp³-hybridized carbons (Fsp3) is 0.400. The summed E-state index contributed by atoms with van der Waals surface area (Å²) in [5.74, 6) is 0. The van der Waals surface area contributed by atoms with Crippen molar-refractivity contribution in [2.24, 2.45) is 0 Å². The molecule has 0 saturated heterocycles. The summed E-state index contributed by atoms with van der Waals surface area (Å²) < 4.78 is 1.53. The van der Waals surface area contributed by atoms with Gasteiger partial charge in [0.2, 0.25) is 0 Å². The van der Waals surface area contributed by atoms with Crippen LogP contribution in [0.2, 0.25) is 0 Å². The number of aldehydes is 1. The Balaban J connectivity index is 2.98. The third-order valence-corrected chi connectivity index (χ3v) is 1.07. The fourth-order valence-corrected chi connectivity index (χ4v) is 0.603. The number of nitrogens with zero attached hydrogens (tertiary/aromatic N) is 3. The smallest absolute Gasteiger partial charge is 0.169 e. The molecule has 0 atom stereocenters. The van der Waals surface area contributed by atoms with Gasteiger partial charge in [0.05, 0.1) is 6.20 Å². The van der Waals surface area contributed by atoms with Crippen molar-refractivity contribution < 1.29 is 4.79 Å². The summed E-state index contributed by atoms with van der Waals surface area (Å²) in [5, 5.41) is 7.19. The van der Waals surface area contributed by atoms with Gasteiger partial charge < -0.3 is 0 Å². The van der Waals surface area contributed by atoms with Gasteiger partial charge in [-0.15, -0.1) is 5.10 Å². The maximum Gasteiger partial charge on any atom is 0.169 e. The molecular weight excluding hydrogens is 118 g/mol. The van der Waals surface area contributed by atoms with E-state index in [4.69, 9.17) is 0 Å². The fourth-order valence-electron chi connectivity index (χ4n) is 0.603. The lowest BCUT2D eigenvalue weighted by Gasteiger charge is -1.91. The highest BCUT2D eigenvalue weighted by Crippen LogP contribution is 1.88. The number of aromatic nitrogens is 3. The predicted octanol–water partition coefficient (Wildman–Crippen LogP) is 0.111. The summed E-state index contributed by atoms with van der Waals surface area (Å²) in [7, 11) is 0. The van der Waals surface area contributed by atoms with E-state index in [1.165, 1.54) is 10.9 Å². The molecule has 1 aromatic rings. The molecular formula is C5H7N3O. The molecule has 0 spiro atoms. The second kappa shape index (κ2) is 2.39. The average Bonchev–Trinajstić information content (AvgIpc) is 2.33. The monoisotopic (exact) mass is 125 g/mol. The topological polar surface area (TPSA) is 47.8 Å². The summed E-state index contributed by atoms with van der Waals surface area (Å²) >= 11 is 0. The molecule has 0 bridgehead atoms. The first-order valence-electron chi connectivity index (χ1n) is 2.72. The molecule has 1 aromatic heterocycles. The van der Waals surface area contributed by atoms with Gasteiger partial charge in [-0.25, -0.2) is 4.68 Å². The van der Waals surface area contributed by atoms with E-state index < -0.39 is 0 Å². The summed E-state index contributed by atoms with van der Waals surface area (Å²) in [6.45, 7) is 2.59. The van der Waals surface area contributed by atoms with E-state index in [0.29, 0.717) is 12.2 Å². The van der Waals surface area contributed by atoms with E-state index in [1.54, 1.807) is 0 Å². The number of carbonyl (C=O) groups excluding carboxylic acids is 1. The molecule has 1 heterocycles. The summed E-state index contributed by atoms with van der Waals surface area (Å²) in [6.07, 6.45) is 2.18. The minimum absolute atomic E-state index is 0.525. The van der Waals surface area contributed by atoms with Gasteiger partial charge in [0, 0.05) is 6.54 Å². The van der Waals surface area contributed by atoms with Crippen molar-refractivity contribution in [1.29, 1.82) is 0 Å². The van der Waals surface area contributed by atoms with Gasteiger partial charge in [-0.05, 0) is 6.92 Å². The van der Waals surface area contributed by atoms with Gasteiger partial charge in [-0.2, -0.15) is 0 Å². The van der Waals surface area contributed by atoms with Crippen LogP contribution in [0.15, 0.2) is 6.20 Å². The number of carbonyl (C=O) groups is 1. The zero-order valence-electron chi connectivity index (χ0n) is 5.11. The zero-order chi connectivity index (χ0) is 6.69. The Morgan fingerprint density at radius 2 is 2.67 bits per heavy atom. The van der Waals surface area contributed by atoms with Crippen LogP contribution >= 0.6 is 0 Å². The standard InChI is InChI=1S/C5H7N3O/c1-2-8-5(4-9)3-6-7-8/h3-4H,2H2,1H3. The number of aryl methyl sites for hydroxylation is 1. The Kier molecular flexibility index (Phi) is 1.58. The first kappa shape index (κ1) is 5.94. The summed E-state index contributed by atoms with van der Waals surface area (Å²) in [5.41, 5.74) is 0.525. The molecule has 0 aliphatic rings. The normalized spacial score (nSPS) is 9.44. The lowest BCUT2D eigenvalue weighted by molar-refractivity contribution is 0.111. The van der Waals surface area contributed by atoms with E-state index in [1.807, 2.05) is 6.92 Å². The van der Waals surface area contributed by atoms with Gasteiger partial charge in [-0.3, -0.25) is 4.79 Å². The minimum atomic E-state index is 0.525. The Hall–Kier alpha value is -1.19. The maximum atomic E-state index is 10.1. The van der Waals surface area contributed by atoms with Crippen molar-refractivity contribution >= 4 is 6.29 Å². The molecule has 0 saturated carbocycles. The Morgan fingerprint density at radius 1 is 1.89 bits per heavy atom. The lowest BCUT2D eigenvalue weighted by atomic mass is 10.5. The lowest BCUT2D eigenvalue weighted by Crippen LogP contribution is -2.00. The quantitative estimate of drug-likeness (QED) is 0.527. The molecule has 0 amide bonds. The SMILES string of the molecule is CCn1nncc1C=O. The first-order chi connectivity index (χ1) is 4.38. The molecule has 0 aliphatic heterocycles. The molecule has 1 rings (SSSR count). The van der Waals surface area contributed by atoms with Crippen molar-refractivity contribution in [2.45, 2.75) is 13.5 Å². The number of hydrogen-bond donors (Lipinski definition) is 0. The van der Waals surface area contributed by atoms with Crippen LogP contribution < -0.4 is 0 Å². The van der Waals surface area contributed by atoms with Crippen molar-refractivity contribution in [3.63, 3.8) is 0 Å². The highest BCUT2D eigenvalue weighted by Gasteiger charge is 1.96. The number of hydrogen-bond acceptors (Lipinski definition) is 3. The van der Waals surface area contributed by atoms with Crippen molar-refractivity contribution in [1.82, 2.24) is 15.0 Å². The predicted molar refractivity (Wildman–Crippen MR) is 31.1 cm³/mol. The van der Waals surface area contributed by atoms with Gasteiger partial charge in [0.25, 0.3) is 0 Å². The van der Waals surface area contributed by atoms with Crippen LogP contribution in [0, 0.1) is 0 Å². The molecule has 0 radical (unpaired) electrons. The van der Waals surface area contributed by atoms with Crippen LogP contribution in [0.25, 0.3) is 0 Å². The van der Waals surface area contributed by atoms with Crippen LogP contribution in [-0.2, 0) is 6.54 Å². The molecule has 9 heavy (non-hydrogen) atoms. The minimum Gasteiger partial charge on any atom is -0.296 e. The van der Waals surface area contributed by atoms with Crippen molar-refractivity contribution in [2.75, 3.05) is 0 Å². The molecule has 0 aliphatic carbocycles. The first-order valence-corrected chi connectivity index (χ1v) is 2.72. The Labute approximate surface area is 52.5 Å². The Morgan fingerprint density at radius 3 is 3.11 bits per heavy atom. The molecule has 0 N–H and O–H groups in total. The van der Waals surface area contributed by atoms with E-state index in [9.17, 15) is 4.79 Å². The van der Waals surface area contributed by atoms with E-state index in [2.05, 4.69) is 10.3 Å². The Bertz CT molecular complexity index is 206. The third-order valence-electron chi connectivity index (χ3n) is 1.07. The highest BCUT2D eigenvalue weighted by atomic mass is 16.1. The second-order valence-electron chi connectivity index (χ2n) is 1.59. The van der Waals surface area contributed by atoms with Gasteiger partial charge >= 0.3 is 0 Å². The molecule has 4 heteroatoms. The van der Waals surface area contributed by atoms with Crippen molar-refractivity contribution in [3.8, 4) is 0 Å². The molecule has 4 nitrogen and oxygen atoms in total. The largest absolute Gasteiger partial charge is 0.296 e. The zero-order valence-corrected chi connectivity index (χ0v) is 5.11. The van der Waals surface area contributed by atoms with E-state index >= 15 is 0 Å². The van der Waals surface area contributed by atoms with E-state index in [0.717, 1.165) is 6.29 Å². The maximum absolute atomic E-state index is 10.1. The molecule has 0 fully saturated rings. The summed E-state index contributed by atoms with van der Waals surface area (Å²) in [4.78, 5) is 10.1. The van der Waals surface area contributed by atoms with Gasteiger partial charge in [-0.1, -0.05) is 5.21 Å². The second-order valence-corrected chi connectivity index (χ2v) is 1.59.